The Labute approximate surface area is 160 Å². The van der Waals surface area contributed by atoms with Gasteiger partial charge in [0.05, 0.1) is 12.1 Å². The van der Waals surface area contributed by atoms with Gasteiger partial charge in [-0.25, -0.2) is 4.68 Å². The van der Waals surface area contributed by atoms with Crippen LogP contribution in [0.1, 0.15) is 11.3 Å². The Morgan fingerprint density at radius 2 is 1.89 bits per heavy atom. The number of nitrogens with zero attached hydrogens (tertiary/aromatic N) is 5. The van der Waals surface area contributed by atoms with Crippen molar-refractivity contribution < 1.29 is 4.79 Å². The van der Waals surface area contributed by atoms with Gasteiger partial charge in [0.1, 0.15) is 12.1 Å². The highest BCUT2D eigenvalue weighted by atomic mass is 35.5. The zero-order chi connectivity index (χ0) is 18.8. The van der Waals surface area contributed by atoms with Crippen LogP contribution in [0.4, 0.5) is 5.82 Å². The van der Waals surface area contributed by atoms with Crippen molar-refractivity contribution in [3.8, 4) is 0 Å². The lowest BCUT2D eigenvalue weighted by molar-refractivity contribution is -0.116. The van der Waals surface area contributed by atoms with E-state index in [2.05, 4.69) is 20.7 Å². The van der Waals surface area contributed by atoms with Crippen molar-refractivity contribution in [3.05, 3.63) is 70.9 Å². The van der Waals surface area contributed by atoms with Crippen molar-refractivity contribution in [1.82, 2.24) is 24.8 Å². The molecular formula is C19H17ClN6O. The molecule has 2 aromatic carbocycles. The van der Waals surface area contributed by atoms with E-state index in [1.807, 2.05) is 66.2 Å². The van der Waals surface area contributed by atoms with E-state index in [4.69, 9.17) is 11.6 Å². The lowest BCUT2D eigenvalue weighted by Crippen LogP contribution is -2.20. The van der Waals surface area contributed by atoms with Crippen LogP contribution in [0.5, 0.6) is 0 Å². The average Bonchev–Trinajstić information content (AvgIpc) is 3.21. The van der Waals surface area contributed by atoms with Crippen molar-refractivity contribution in [3.63, 3.8) is 0 Å². The van der Waals surface area contributed by atoms with Crippen molar-refractivity contribution in [1.29, 1.82) is 0 Å². The van der Waals surface area contributed by atoms with Gasteiger partial charge in [0.25, 0.3) is 0 Å². The molecule has 1 N–H and O–H groups in total. The van der Waals surface area contributed by atoms with Gasteiger partial charge in [0.15, 0.2) is 5.82 Å². The Balaban J connectivity index is 1.45. The molecule has 0 fully saturated rings. The number of carbonyl (C=O) groups is 1. The normalized spacial score (nSPS) is 11.0. The molecule has 0 spiro atoms. The number of hydrogen-bond donors (Lipinski definition) is 1. The first-order valence-electron chi connectivity index (χ1n) is 8.45. The molecular weight excluding hydrogens is 364 g/mol. The Bertz CT molecular complexity index is 1100. The summed E-state index contributed by atoms with van der Waals surface area (Å²) in [6, 6.07) is 17.0. The molecule has 0 radical (unpaired) electrons. The van der Waals surface area contributed by atoms with Crippen LogP contribution in [0.15, 0.2) is 54.6 Å². The third kappa shape index (κ3) is 3.83. The summed E-state index contributed by atoms with van der Waals surface area (Å²) in [5.74, 6) is 0.303. The molecule has 0 saturated carbocycles. The minimum atomic E-state index is -0.207. The lowest BCUT2D eigenvalue weighted by Gasteiger charge is -2.05. The summed E-state index contributed by atoms with van der Waals surface area (Å²) in [7, 11) is 0. The van der Waals surface area contributed by atoms with E-state index in [9.17, 15) is 4.79 Å². The van der Waals surface area contributed by atoms with Gasteiger partial charge in [-0.1, -0.05) is 41.1 Å². The maximum Gasteiger partial charge on any atom is 0.247 e. The monoisotopic (exact) mass is 380 g/mol. The van der Waals surface area contributed by atoms with Crippen LogP contribution in [-0.2, 0) is 17.9 Å². The number of para-hydroxylation sites is 1. The first-order valence-corrected chi connectivity index (χ1v) is 8.83. The summed E-state index contributed by atoms with van der Waals surface area (Å²) in [4.78, 5) is 12.4. The lowest BCUT2D eigenvalue weighted by atomic mass is 10.2. The minimum Gasteiger partial charge on any atom is -0.308 e. The molecule has 27 heavy (non-hydrogen) atoms. The standard InChI is InChI=1S/C19H17ClN6O/c1-13-10-18(23-25(13)11-14-6-8-15(20)9-7-14)21-19(27)12-26-17-5-3-2-4-16(17)22-24-26/h2-10H,11-12H2,1H3,(H,21,23,27). The van der Waals surface area contributed by atoms with E-state index in [0.29, 0.717) is 17.4 Å². The summed E-state index contributed by atoms with van der Waals surface area (Å²) < 4.78 is 3.41. The van der Waals surface area contributed by atoms with Gasteiger partial charge in [0, 0.05) is 16.8 Å². The van der Waals surface area contributed by atoms with Crippen LogP contribution >= 0.6 is 11.6 Å². The first kappa shape index (κ1) is 17.2. The zero-order valence-corrected chi connectivity index (χ0v) is 15.4. The van der Waals surface area contributed by atoms with Crippen LogP contribution in [-0.4, -0.2) is 30.7 Å². The molecule has 0 aliphatic carbocycles. The Hall–Kier alpha value is -3.19. The molecule has 0 atom stereocenters. The van der Waals surface area contributed by atoms with E-state index >= 15 is 0 Å². The van der Waals surface area contributed by atoms with Crippen molar-refractivity contribution in [2.45, 2.75) is 20.0 Å². The highest BCUT2D eigenvalue weighted by Gasteiger charge is 2.11. The molecule has 4 rings (SSSR count). The highest BCUT2D eigenvalue weighted by molar-refractivity contribution is 6.30. The molecule has 0 aliphatic rings. The molecule has 7 nitrogen and oxygen atoms in total. The maximum atomic E-state index is 12.4. The molecule has 2 aromatic heterocycles. The predicted octanol–water partition coefficient (Wildman–Crippen LogP) is 3.28. The van der Waals surface area contributed by atoms with E-state index in [0.717, 1.165) is 22.3 Å². The first-order chi connectivity index (χ1) is 13.1. The summed E-state index contributed by atoms with van der Waals surface area (Å²) in [6.45, 7) is 2.62. The van der Waals surface area contributed by atoms with Crippen LogP contribution in [0.25, 0.3) is 11.0 Å². The molecule has 0 unspecified atom stereocenters. The third-order valence-electron chi connectivity index (χ3n) is 4.21. The van der Waals surface area contributed by atoms with Gasteiger partial charge in [-0.3, -0.25) is 9.48 Å². The zero-order valence-electron chi connectivity index (χ0n) is 14.6. The van der Waals surface area contributed by atoms with Crippen molar-refractivity contribution in [2.24, 2.45) is 0 Å². The summed E-state index contributed by atoms with van der Waals surface area (Å²) in [5.41, 5.74) is 3.61. The largest absolute Gasteiger partial charge is 0.308 e. The smallest absolute Gasteiger partial charge is 0.247 e. The Kier molecular flexibility index (Phi) is 4.60. The van der Waals surface area contributed by atoms with Crippen LogP contribution in [0, 0.1) is 6.92 Å². The van der Waals surface area contributed by atoms with E-state index < -0.39 is 0 Å². The van der Waals surface area contributed by atoms with Gasteiger partial charge in [-0.05, 0) is 36.8 Å². The van der Waals surface area contributed by atoms with E-state index in [-0.39, 0.29) is 12.5 Å². The predicted molar refractivity (Wildman–Crippen MR) is 104 cm³/mol. The SMILES string of the molecule is Cc1cc(NC(=O)Cn2nnc3ccccc32)nn1Cc1ccc(Cl)cc1. The second-order valence-corrected chi connectivity index (χ2v) is 6.68. The number of benzene rings is 2. The third-order valence-corrected chi connectivity index (χ3v) is 4.46. The number of aryl methyl sites for hydroxylation is 1. The molecule has 2 heterocycles. The summed E-state index contributed by atoms with van der Waals surface area (Å²) in [5, 5.41) is 16.1. The van der Waals surface area contributed by atoms with Crippen molar-refractivity contribution >= 4 is 34.4 Å². The fraction of sp³-hybridized carbons (Fsp3) is 0.158. The number of carbonyl (C=O) groups excluding carboxylic acids is 1. The van der Waals surface area contributed by atoms with Gasteiger partial charge in [-0.2, -0.15) is 5.10 Å². The van der Waals surface area contributed by atoms with Gasteiger partial charge in [-0.15, -0.1) is 5.10 Å². The second-order valence-electron chi connectivity index (χ2n) is 6.24. The number of fused-ring (bicyclic) bond motifs is 1. The fourth-order valence-electron chi connectivity index (χ4n) is 2.85. The number of anilines is 1. The number of aromatic nitrogens is 5. The van der Waals surface area contributed by atoms with Crippen molar-refractivity contribution in [2.75, 3.05) is 5.32 Å². The molecule has 0 bridgehead atoms. The van der Waals surface area contributed by atoms with Gasteiger partial charge >= 0.3 is 0 Å². The topological polar surface area (TPSA) is 77.6 Å². The maximum absolute atomic E-state index is 12.4. The average molecular weight is 381 g/mol. The highest BCUT2D eigenvalue weighted by Crippen LogP contribution is 2.14. The molecule has 0 aliphatic heterocycles. The quantitative estimate of drug-likeness (QED) is 0.576. The summed E-state index contributed by atoms with van der Waals surface area (Å²) >= 11 is 5.92. The van der Waals surface area contributed by atoms with Crippen LogP contribution in [0.2, 0.25) is 5.02 Å². The summed E-state index contributed by atoms with van der Waals surface area (Å²) in [6.07, 6.45) is 0. The van der Waals surface area contributed by atoms with E-state index in [1.54, 1.807) is 4.68 Å². The molecule has 136 valence electrons. The van der Waals surface area contributed by atoms with Crippen LogP contribution in [0.3, 0.4) is 0 Å². The van der Waals surface area contributed by atoms with Gasteiger partial charge < -0.3 is 5.32 Å². The van der Waals surface area contributed by atoms with E-state index in [1.165, 1.54) is 0 Å². The Morgan fingerprint density at radius 1 is 1.11 bits per heavy atom. The second kappa shape index (κ2) is 7.20. The molecule has 4 aromatic rings. The van der Waals surface area contributed by atoms with Gasteiger partial charge in [0.2, 0.25) is 5.91 Å². The molecule has 1 amide bonds. The Morgan fingerprint density at radius 3 is 2.70 bits per heavy atom. The molecule has 0 saturated heterocycles. The number of hydrogen-bond acceptors (Lipinski definition) is 4. The molecule has 8 heteroatoms. The van der Waals surface area contributed by atoms with Crippen LogP contribution < -0.4 is 5.32 Å². The minimum absolute atomic E-state index is 0.0730. The number of amides is 1. The fourth-order valence-corrected chi connectivity index (χ4v) is 2.97. The number of halogens is 1. The number of rotatable bonds is 5. The number of nitrogens with one attached hydrogen (secondary N) is 1.